The van der Waals surface area contributed by atoms with E-state index in [0.717, 1.165) is 5.56 Å². The molecular weight excluding hydrogens is 380 g/mol. The van der Waals surface area contributed by atoms with Crippen molar-refractivity contribution in [2.75, 3.05) is 6.61 Å². The highest BCUT2D eigenvalue weighted by Gasteiger charge is 2.11. The van der Waals surface area contributed by atoms with E-state index in [1.54, 1.807) is 30.3 Å². The molecule has 1 N–H and O–H groups in total. The van der Waals surface area contributed by atoms with Crippen LogP contribution < -0.4 is 14.8 Å². The van der Waals surface area contributed by atoms with Gasteiger partial charge in [0.1, 0.15) is 24.0 Å². The maximum Gasteiger partial charge on any atom is 0.262 e. The first-order valence-corrected chi connectivity index (χ1v) is 9.55. The van der Waals surface area contributed by atoms with Crippen molar-refractivity contribution in [3.8, 4) is 17.6 Å². The molecule has 1 aromatic heterocycles. The van der Waals surface area contributed by atoms with Crippen molar-refractivity contribution in [2.45, 2.75) is 20.1 Å². The fourth-order valence-corrected chi connectivity index (χ4v) is 2.73. The highest BCUT2D eigenvalue weighted by molar-refractivity contribution is 6.01. The molecule has 0 aliphatic heterocycles. The highest BCUT2D eigenvalue weighted by atomic mass is 16.5. The molecule has 3 aromatic rings. The minimum absolute atomic E-state index is 0.0121. The van der Waals surface area contributed by atoms with E-state index in [4.69, 9.17) is 13.9 Å². The molecule has 0 radical (unpaired) electrons. The van der Waals surface area contributed by atoms with Gasteiger partial charge >= 0.3 is 0 Å². The third-order valence-electron chi connectivity index (χ3n) is 4.18. The summed E-state index contributed by atoms with van der Waals surface area (Å²) in [5, 5.41) is 12.1. The molecule has 3 rings (SSSR count). The van der Waals surface area contributed by atoms with Gasteiger partial charge in [0.15, 0.2) is 11.5 Å². The lowest BCUT2D eigenvalue weighted by Gasteiger charge is -2.13. The van der Waals surface area contributed by atoms with Gasteiger partial charge in [-0.15, -0.1) is 0 Å². The summed E-state index contributed by atoms with van der Waals surface area (Å²) in [5.41, 5.74) is 1.70. The highest BCUT2D eigenvalue weighted by Crippen LogP contribution is 2.30. The van der Waals surface area contributed by atoms with Crippen LogP contribution in [0.2, 0.25) is 0 Å². The number of furan rings is 1. The third kappa shape index (κ3) is 5.76. The largest absolute Gasteiger partial charge is 0.490 e. The molecule has 0 atom stereocenters. The molecule has 0 saturated carbocycles. The zero-order valence-electron chi connectivity index (χ0n) is 16.6. The number of benzene rings is 2. The van der Waals surface area contributed by atoms with Crippen LogP contribution in [-0.4, -0.2) is 12.5 Å². The minimum Gasteiger partial charge on any atom is -0.490 e. The Bertz CT molecular complexity index is 1030. The molecule has 1 heterocycles. The van der Waals surface area contributed by atoms with Crippen LogP contribution in [0.4, 0.5) is 0 Å². The first kappa shape index (κ1) is 20.7. The molecule has 2 aromatic carbocycles. The van der Waals surface area contributed by atoms with Crippen molar-refractivity contribution in [3.05, 3.63) is 89.4 Å². The molecular formula is C24H22N2O4. The molecule has 30 heavy (non-hydrogen) atoms. The summed E-state index contributed by atoms with van der Waals surface area (Å²) in [6.45, 7) is 2.96. The number of carbonyl (C=O) groups is 1. The van der Waals surface area contributed by atoms with Crippen molar-refractivity contribution in [3.63, 3.8) is 0 Å². The van der Waals surface area contributed by atoms with Crippen LogP contribution in [-0.2, 0) is 17.9 Å². The number of nitrogens with zero attached hydrogens (tertiary/aromatic N) is 1. The number of hydrogen-bond donors (Lipinski definition) is 1. The lowest BCUT2D eigenvalue weighted by atomic mass is 10.1. The zero-order valence-corrected chi connectivity index (χ0v) is 16.6. The summed E-state index contributed by atoms with van der Waals surface area (Å²) in [7, 11) is 0. The van der Waals surface area contributed by atoms with Gasteiger partial charge in [-0.3, -0.25) is 4.79 Å². The van der Waals surface area contributed by atoms with E-state index in [0.29, 0.717) is 36.0 Å². The average Bonchev–Trinajstić information content (AvgIpc) is 3.30. The number of rotatable bonds is 9. The zero-order chi connectivity index (χ0) is 21.2. The molecule has 0 unspecified atom stereocenters. The van der Waals surface area contributed by atoms with Crippen molar-refractivity contribution in [2.24, 2.45) is 0 Å². The van der Waals surface area contributed by atoms with E-state index in [1.165, 1.54) is 12.3 Å². The predicted octanol–water partition coefficient (Wildman–Crippen LogP) is 4.48. The topological polar surface area (TPSA) is 84.5 Å². The van der Waals surface area contributed by atoms with Crippen LogP contribution in [0.3, 0.4) is 0 Å². The molecule has 0 spiro atoms. The standard InChI is InChI=1S/C24H22N2O4/c1-2-28-23-14-19(10-11-22(23)30-17-18-7-4-3-5-8-18)13-20(15-25)24(27)26-16-21-9-6-12-29-21/h3-14H,2,16-17H2,1H3,(H,26,27). The minimum atomic E-state index is -0.476. The van der Waals surface area contributed by atoms with E-state index in [-0.39, 0.29) is 12.1 Å². The van der Waals surface area contributed by atoms with Crippen LogP contribution in [0.15, 0.2) is 76.9 Å². The van der Waals surface area contributed by atoms with Gasteiger partial charge < -0.3 is 19.2 Å². The Balaban J connectivity index is 1.72. The monoisotopic (exact) mass is 402 g/mol. The summed E-state index contributed by atoms with van der Waals surface area (Å²) in [5.74, 6) is 1.28. The molecule has 1 amide bonds. The summed E-state index contributed by atoms with van der Waals surface area (Å²) < 4.78 is 16.8. The third-order valence-corrected chi connectivity index (χ3v) is 4.18. The normalized spacial score (nSPS) is 10.9. The maximum absolute atomic E-state index is 12.3. The van der Waals surface area contributed by atoms with Gasteiger partial charge in [0.2, 0.25) is 0 Å². The van der Waals surface area contributed by atoms with Crippen LogP contribution >= 0.6 is 0 Å². The van der Waals surface area contributed by atoms with E-state index >= 15 is 0 Å². The lowest BCUT2D eigenvalue weighted by Crippen LogP contribution is -2.23. The Morgan fingerprint density at radius 1 is 1.10 bits per heavy atom. The predicted molar refractivity (Wildman–Crippen MR) is 113 cm³/mol. The van der Waals surface area contributed by atoms with Gasteiger partial charge in [-0.1, -0.05) is 36.4 Å². The number of carbonyl (C=O) groups excluding carboxylic acids is 1. The fraction of sp³-hybridized carbons (Fsp3) is 0.167. The first-order chi connectivity index (χ1) is 14.7. The lowest BCUT2D eigenvalue weighted by molar-refractivity contribution is -0.117. The summed E-state index contributed by atoms with van der Waals surface area (Å²) >= 11 is 0. The number of nitriles is 1. The number of nitrogens with one attached hydrogen (secondary N) is 1. The van der Waals surface area contributed by atoms with Crippen molar-refractivity contribution >= 4 is 12.0 Å². The molecule has 0 aliphatic carbocycles. The Morgan fingerprint density at radius 2 is 1.93 bits per heavy atom. The molecule has 152 valence electrons. The maximum atomic E-state index is 12.3. The molecule has 0 aliphatic rings. The SMILES string of the molecule is CCOc1cc(C=C(C#N)C(=O)NCc2ccco2)ccc1OCc1ccccc1. The van der Waals surface area contributed by atoms with E-state index in [9.17, 15) is 10.1 Å². The quantitative estimate of drug-likeness (QED) is 0.421. The molecule has 0 bridgehead atoms. The summed E-state index contributed by atoms with van der Waals surface area (Å²) in [6, 6.07) is 20.6. The first-order valence-electron chi connectivity index (χ1n) is 9.55. The fourth-order valence-electron chi connectivity index (χ4n) is 2.73. The van der Waals surface area contributed by atoms with Crippen LogP contribution in [0, 0.1) is 11.3 Å². The Hall–Kier alpha value is -3.98. The summed E-state index contributed by atoms with van der Waals surface area (Å²) in [4.78, 5) is 12.3. The number of ether oxygens (including phenoxy) is 2. The van der Waals surface area contributed by atoms with Gasteiger partial charge in [0.05, 0.1) is 19.4 Å². The number of hydrogen-bond acceptors (Lipinski definition) is 5. The van der Waals surface area contributed by atoms with Crippen LogP contribution in [0.5, 0.6) is 11.5 Å². The number of amides is 1. The van der Waals surface area contributed by atoms with Crippen molar-refractivity contribution in [1.82, 2.24) is 5.32 Å². The van der Waals surface area contributed by atoms with Crippen LogP contribution in [0.25, 0.3) is 6.08 Å². The second-order valence-electron chi connectivity index (χ2n) is 6.35. The van der Waals surface area contributed by atoms with Crippen molar-refractivity contribution < 1.29 is 18.7 Å². The molecule has 0 fully saturated rings. The van der Waals surface area contributed by atoms with Gasteiger partial charge in [-0.05, 0) is 48.4 Å². The van der Waals surface area contributed by atoms with E-state index < -0.39 is 5.91 Å². The Kier molecular flexibility index (Phi) is 7.28. The Morgan fingerprint density at radius 3 is 2.63 bits per heavy atom. The molecule has 6 heteroatoms. The van der Waals surface area contributed by atoms with Gasteiger partial charge in [-0.2, -0.15) is 5.26 Å². The summed E-state index contributed by atoms with van der Waals surface area (Å²) in [6.07, 6.45) is 3.04. The smallest absolute Gasteiger partial charge is 0.262 e. The van der Waals surface area contributed by atoms with Gasteiger partial charge in [0, 0.05) is 0 Å². The van der Waals surface area contributed by atoms with E-state index in [2.05, 4.69) is 5.32 Å². The molecule has 0 saturated heterocycles. The van der Waals surface area contributed by atoms with E-state index in [1.807, 2.05) is 43.3 Å². The molecule has 6 nitrogen and oxygen atoms in total. The van der Waals surface area contributed by atoms with Gasteiger partial charge in [-0.25, -0.2) is 0 Å². The average molecular weight is 402 g/mol. The van der Waals surface area contributed by atoms with Crippen molar-refractivity contribution in [1.29, 1.82) is 5.26 Å². The second-order valence-corrected chi connectivity index (χ2v) is 6.35. The van der Waals surface area contributed by atoms with Crippen LogP contribution in [0.1, 0.15) is 23.8 Å². The van der Waals surface area contributed by atoms with Gasteiger partial charge in [0.25, 0.3) is 5.91 Å². The Labute approximate surface area is 175 Å². The second kappa shape index (κ2) is 10.5.